The van der Waals surface area contributed by atoms with E-state index in [1.54, 1.807) is 14.0 Å². The molecule has 1 N–H and O–H groups in total. The van der Waals surface area contributed by atoms with E-state index in [9.17, 15) is 4.79 Å². The second-order valence-corrected chi connectivity index (χ2v) is 4.83. The maximum Gasteiger partial charge on any atom is 0.339 e. The van der Waals surface area contributed by atoms with E-state index >= 15 is 0 Å². The maximum atomic E-state index is 11.1. The molecule has 0 aliphatic heterocycles. The normalized spacial score (nSPS) is 11.8. The number of furan rings is 1. The van der Waals surface area contributed by atoms with E-state index < -0.39 is 5.97 Å². The minimum absolute atomic E-state index is 0.228. The highest BCUT2D eigenvalue weighted by Gasteiger charge is 2.29. The predicted molar refractivity (Wildman–Crippen MR) is 59.8 cm³/mol. The molecule has 0 bridgehead atoms. The molecule has 0 spiro atoms. The number of carboxylic acid groups (broad SMARTS) is 1. The molecule has 0 fully saturated rings. The van der Waals surface area contributed by atoms with E-state index in [4.69, 9.17) is 14.3 Å². The quantitative estimate of drug-likeness (QED) is 0.860. The van der Waals surface area contributed by atoms with Gasteiger partial charge in [0, 0.05) is 18.1 Å². The molecule has 1 aromatic rings. The number of aromatic carboxylic acids is 1. The van der Waals surface area contributed by atoms with Gasteiger partial charge >= 0.3 is 5.97 Å². The number of hydrogen-bond acceptors (Lipinski definition) is 3. The molecular weight excluding hydrogens is 208 g/mol. The highest BCUT2D eigenvalue weighted by Crippen LogP contribution is 2.32. The summed E-state index contributed by atoms with van der Waals surface area (Å²) < 4.78 is 10.6. The van der Waals surface area contributed by atoms with Crippen molar-refractivity contribution in [2.75, 3.05) is 7.11 Å². The number of carbonyl (C=O) groups is 1. The van der Waals surface area contributed by atoms with E-state index in [0.717, 1.165) is 0 Å². The van der Waals surface area contributed by atoms with Gasteiger partial charge < -0.3 is 14.3 Å². The van der Waals surface area contributed by atoms with Gasteiger partial charge in [-0.05, 0) is 6.92 Å². The van der Waals surface area contributed by atoms with Crippen molar-refractivity contribution in [2.45, 2.75) is 39.7 Å². The minimum Gasteiger partial charge on any atom is -0.478 e. The Bertz CT molecular complexity index is 396. The molecule has 1 rings (SSSR count). The average Bonchev–Trinajstić information content (AvgIpc) is 2.42. The van der Waals surface area contributed by atoms with Crippen LogP contribution < -0.4 is 0 Å². The average molecular weight is 226 g/mol. The summed E-state index contributed by atoms with van der Waals surface area (Å²) in [6, 6.07) is 0. The first-order valence-corrected chi connectivity index (χ1v) is 5.14. The molecule has 0 saturated carbocycles. The fraction of sp³-hybridized carbons (Fsp3) is 0.583. The summed E-state index contributed by atoms with van der Waals surface area (Å²) >= 11 is 0. The summed E-state index contributed by atoms with van der Waals surface area (Å²) in [5, 5.41) is 9.14. The molecule has 0 aliphatic carbocycles. The Morgan fingerprint density at radius 3 is 2.38 bits per heavy atom. The first kappa shape index (κ1) is 12.8. The zero-order valence-electron chi connectivity index (χ0n) is 10.4. The highest BCUT2D eigenvalue weighted by atomic mass is 16.5. The Balaban J connectivity index is 3.41. The van der Waals surface area contributed by atoms with Crippen molar-refractivity contribution in [3.8, 4) is 0 Å². The summed E-state index contributed by atoms with van der Waals surface area (Å²) in [6.07, 6.45) is 0. The smallest absolute Gasteiger partial charge is 0.339 e. The third-order valence-corrected chi connectivity index (χ3v) is 2.37. The van der Waals surface area contributed by atoms with Crippen LogP contribution in [0.5, 0.6) is 0 Å². The van der Waals surface area contributed by atoms with E-state index in [2.05, 4.69) is 0 Å². The Morgan fingerprint density at radius 2 is 2.00 bits per heavy atom. The van der Waals surface area contributed by atoms with E-state index in [-0.39, 0.29) is 17.6 Å². The van der Waals surface area contributed by atoms with Crippen molar-refractivity contribution >= 4 is 5.97 Å². The van der Waals surface area contributed by atoms with Gasteiger partial charge in [-0.1, -0.05) is 20.8 Å². The van der Waals surface area contributed by atoms with Gasteiger partial charge in [0.05, 0.1) is 6.61 Å². The number of ether oxygens (including phenoxy) is 1. The third-order valence-electron chi connectivity index (χ3n) is 2.37. The van der Waals surface area contributed by atoms with Crippen LogP contribution in [0.15, 0.2) is 4.42 Å². The SMILES string of the molecule is COCc1c(C(C)(C)C)oc(C)c1C(=O)O. The van der Waals surface area contributed by atoms with Gasteiger partial charge in [-0.15, -0.1) is 0 Å². The molecule has 0 unspecified atom stereocenters. The van der Waals surface area contributed by atoms with Crippen molar-refractivity contribution in [3.63, 3.8) is 0 Å². The van der Waals surface area contributed by atoms with Crippen LogP contribution in [0.1, 0.15) is 48.2 Å². The lowest BCUT2D eigenvalue weighted by Crippen LogP contribution is -2.14. The summed E-state index contributed by atoms with van der Waals surface area (Å²) in [5.74, 6) is 0.150. The molecule has 1 heterocycles. The van der Waals surface area contributed by atoms with E-state index in [0.29, 0.717) is 17.1 Å². The van der Waals surface area contributed by atoms with Gasteiger partial charge in [0.2, 0.25) is 0 Å². The molecule has 16 heavy (non-hydrogen) atoms. The van der Waals surface area contributed by atoms with Crippen LogP contribution in [0.25, 0.3) is 0 Å². The lowest BCUT2D eigenvalue weighted by Gasteiger charge is -2.17. The minimum atomic E-state index is -0.969. The lowest BCUT2D eigenvalue weighted by molar-refractivity contribution is 0.0690. The number of aryl methyl sites for hydroxylation is 1. The lowest BCUT2D eigenvalue weighted by atomic mass is 9.89. The van der Waals surface area contributed by atoms with E-state index in [1.807, 2.05) is 20.8 Å². The van der Waals surface area contributed by atoms with Crippen molar-refractivity contribution in [1.82, 2.24) is 0 Å². The summed E-state index contributed by atoms with van der Waals surface area (Å²) in [7, 11) is 1.54. The zero-order valence-corrected chi connectivity index (χ0v) is 10.4. The first-order chi connectivity index (χ1) is 7.29. The standard InChI is InChI=1S/C12H18O4/c1-7-9(11(13)14)8(6-15-5)10(16-7)12(2,3)4/h6H2,1-5H3,(H,13,14). The molecule has 0 atom stereocenters. The summed E-state index contributed by atoms with van der Waals surface area (Å²) in [5.41, 5.74) is 0.638. The molecule has 0 saturated heterocycles. The van der Waals surface area contributed by atoms with Crippen LogP contribution in [0.4, 0.5) is 0 Å². The molecule has 0 aliphatic rings. The van der Waals surface area contributed by atoms with Gasteiger partial charge in [0.1, 0.15) is 17.1 Å². The molecule has 4 nitrogen and oxygen atoms in total. The number of hydrogen-bond donors (Lipinski definition) is 1. The number of methoxy groups -OCH3 is 1. The number of carboxylic acids is 1. The van der Waals surface area contributed by atoms with Crippen LogP contribution in [0, 0.1) is 6.92 Å². The summed E-state index contributed by atoms with van der Waals surface area (Å²) in [4.78, 5) is 11.1. The zero-order chi connectivity index (χ0) is 12.5. The first-order valence-electron chi connectivity index (χ1n) is 5.14. The van der Waals surface area contributed by atoms with Crippen LogP contribution in [-0.2, 0) is 16.8 Å². The molecule has 0 amide bonds. The second-order valence-electron chi connectivity index (χ2n) is 4.83. The van der Waals surface area contributed by atoms with Crippen molar-refractivity contribution < 1.29 is 19.1 Å². The van der Waals surface area contributed by atoms with Gasteiger partial charge in [0.15, 0.2) is 0 Å². The highest BCUT2D eigenvalue weighted by molar-refractivity contribution is 5.91. The molecule has 0 radical (unpaired) electrons. The molecule has 4 heteroatoms. The van der Waals surface area contributed by atoms with Gasteiger partial charge in [-0.25, -0.2) is 4.79 Å². The Labute approximate surface area is 95.2 Å². The summed E-state index contributed by atoms with van der Waals surface area (Å²) in [6.45, 7) is 7.87. The maximum absolute atomic E-state index is 11.1. The largest absolute Gasteiger partial charge is 0.478 e. The molecular formula is C12H18O4. The Morgan fingerprint density at radius 1 is 1.44 bits per heavy atom. The predicted octanol–water partition coefficient (Wildman–Crippen LogP) is 2.73. The number of rotatable bonds is 3. The Kier molecular flexibility index (Phi) is 3.43. The van der Waals surface area contributed by atoms with Crippen LogP contribution in [0.3, 0.4) is 0 Å². The topological polar surface area (TPSA) is 59.7 Å². The molecule has 1 aromatic heterocycles. The molecule has 90 valence electrons. The van der Waals surface area contributed by atoms with Crippen LogP contribution in [-0.4, -0.2) is 18.2 Å². The van der Waals surface area contributed by atoms with Crippen molar-refractivity contribution in [1.29, 1.82) is 0 Å². The van der Waals surface area contributed by atoms with Crippen LogP contribution >= 0.6 is 0 Å². The Hall–Kier alpha value is -1.29. The second kappa shape index (κ2) is 4.29. The third kappa shape index (κ3) is 2.27. The van der Waals surface area contributed by atoms with E-state index in [1.165, 1.54) is 0 Å². The van der Waals surface area contributed by atoms with Gasteiger partial charge in [-0.3, -0.25) is 0 Å². The fourth-order valence-corrected chi connectivity index (χ4v) is 1.76. The van der Waals surface area contributed by atoms with Crippen molar-refractivity contribution in [2.24, 2.45) is 0 Å². The fourth-order valence-electron chi connectivity index (χ4n) is 1.76. The van der Waals surface area contributed by atoms with Crippen molar-refractivity contribution in [3.05, 3.63) is 22.6 Å². The van der Waals surface area contributed by atoms with Gasteiger partial charge in [0.25, 0.3) is 0 Å². The molecule has 0 aromatic carbocycles. The van der Waals surface area contributed by atoms with Crippen LogP contribution in [0.2, 0.25) is 0 Å². The van der Waals surface area contributed by atoms with Gasteiger partial charge in [-0.2, -0.15) is 0 Å². The monoisotopic (exact) mass is 226 g/mol.